The van der Waals surface area contributed by atoms with E-state index >= 15 is 0 Å². The molecular formula is C13H11Br2NO2. The first-order chi connectivity index (χ1) is 8.50. The quantitative estimate of drug-likeness (QED) is 0.741. The molecule has 3 nitrogen and oxygen atoms in total. The molecule has 2 aromatic carbocycles. The Balaban J connectivity index is 2.59. The Labute approximate surface area is 122 Å². The van der Waals surface area contributed by atoms with Gasteiger partial charge in [-0.05, 0) is 27.4 Å². The Morgan fingerprint density at radius 3 is 2.33 bits per heavy atom. The minimum atomic E-state index is -0.400. The third-order valence-electron chi connectivity index (χ3n) is 2.45. The Hall–Kier alpha value is -1.07. The first-order valence-electron chi connectivity index (χ1n) is 5.26. The van der Waals surface area contributed by atoms with E-state index in [0.29, 0.717) is 5.75 Å². The largest absolute Gasteiger partial charge is 0.414 e. The molecule has 0 heterocycles. The molecule has 0 aliphatic heterocycles. The van der Waals surface area contributed by atoms with Gasteiger partial charge in [0.15, 0.2) is 5.75 Å². The highest BCUT2D eigenvalue weighted by molar-refractivity contribution is 9.11. The standard InChI is InChI=1S/C13H11Br2NO2/c1-16(2)13(17)18-12-9-6-4-3-5-8(9)10(14)7-11(12)15/h3-7H,1-2H3. The number of carbonyl (C=O) groups is 1. The number of carbonyl (C=O) groups excluding carboxylic acids is 1. The number of halogens is 2. The van der Waals surface area contributed by atoms with Crippen LogP contribution in [0.1, 0.15) is 0 Å². The molecular weight excluding hydrogens is 362 g/mol. The fourth-order valence-electron chi connectivity index (χ4n) is 1.55. The van der Waals surface area contributed by atoms with Gasteiger partial charge in [-0.3, -0.25) is 0 Å². The molecule has 0 spiro atoms. The number of amides is 1. The summed E-state index contributed by atoms with van der Waals surface area (Å²) in [5.41, 5.74) is 0. The molecule has 0 aliphatic carbocycles. The van der Waals surface area contributed by atoms with E-state index in [2.05, 4.69) is 31.9 Å². The molecule has 94 valence electrons. The van der Waals surface area contributed by atoms with Crippen molar-refractivity contribution >= 4 is 48.7 Å². The Kier molecular flexibility index (Phi) is 3.92. The molecule has 18 heavy (non-hydrogen) atoms. The molecule has 0 N–H and O–H groups in total. The van der Waals surface area contributed by atoms with Gasteiger partial charge in [0.05, 0.1) is 4.47 Å². The van der Waals surface area contributed by atoms with Crippen LogP contribution < -0.4 is 4.74 Å². The first-order valence-corrected chi connectivity index (χ1v) is 6.85. The van der Waals surface area contributed by atoms with Gasteiger partial charge in [0.1, 0.15) is 0 Å². The maximum Gasteiger partial charge on any atom is 0.414 e. The molecule has 0 saturated heterocycles. The van der Waals surface area contributed by atoms with E-state index in [-0.39, 0.29) is 0 Å². The van der Waals surface area contributed by atoms with Crippen molar-refractivity contribution in [3.63, 3.8) is 0 Å². The second kappa shape index (κ2) is 5.28. The number of hydrogen-bond acceptors (Lipinski definition) is 2. The zero-order chi connectivity index (χ0) is 13.3. The number of ether oxygens (including phenoxy) is 1. The maximum absolute atomic E-state index is 11.7. The lowest BCUT2D eigenvalue weighted by molar-refractivity contribution is 0.172. The third kappa shape index (κ3) is 2.52. The Morgan fingerprint density at radius 1 is 1.11 bits per heavy atom. The lowest BCUT2D eigenvalue weighted by atomic mass is 10.1. The second-order valence-corrected chi connectivity index (χ2v) is 5.69. The molecule has 0 bridgehead atoms. The molecule has 1 amide bonds. The SMILES string of the molecule is CN(C)C(=O)Oc1c(Br)cc(Br)c2ccccc12. The van der Waals surface area contributed by atoms with Gasteiger partial charge in [-0.15, -0.1) is 0 Å². The van der Waals surface area contributed by atoms with Crippen LogP contribution in [0.15, 0.2) is 39.3 Å². The van der Waals surface area contributed by atoms with Crippen molar-refractivity contribution in [1.82, 2.24) is 4.90 Å². The van der Waals surface area contributed by atoms with Crippen molar-refractivity contribution in [2.75, 3.05) is 14.1 Å². The molecule has 0 unspecified atom stereocenters. The molecule has 5 heteroatoms. The molecule has 0 radical (unpaired) electrons. The van der Waals surface area contributed by atoms with Gasteiger partial charge in [0.25, 0.3) is 0 Å². The minimum absolute atomic E-state index is 0.400. The van der Waals surface area contributed by atoms with Gasteiger partial charge in [0.2, 0.25) is 0 Å². The second-order valence-electron chi connectivity index (χ2n) is 3.98. The van der Waals surface area contributed by atoms with Crippen LogP contribution in [0, 0.1) is 0 Å². The molecule has 0 atom stereocenters. The third-order valence-corrected chi connectivity index (χ3v) is 3.70. The highest BCUT2D eigenvalue weighted by Gasteiger charge is 2.15. The fourth-order valence-corrected chi connectivity index (χ4v) is 2.96. The van der Waals surface area contributed by atoms with Gasteiger partial charge in [-0.25, -0.2) is 4.79 Å². The Bertz CT molecular complexity index is 611. The van der Waals surface area contributed by atoms with Crippen LogP contribution in [0.2, 0.25) is 0 Å². The van der Waals surface area contributed by atoms with E-state index in [1.807, 2.05) is 30.3 Å². The van der Waals surface area contributed by atoms with Crippen molar-refractivity contribution in [2.45, 2.75) is 0 Å². The predicted molar refractivity (Wildman–Crippen MR) is 79.1 cm³/mol. The van der Waals surface area contributed by atoms with Crippen LogP contribution >= 0.6 is 31.9 Å². The van der Waals surface area contributed by atoms with E-state index in [1.165, 1.54) is 4.90 Å². The van der Waals surface area contributed by atoms with Crippen molar-refractivity contribution in [3.8, 4) is 5.75 Å². The van der Waals surface area contributed by atoms with Crippen LogP contribution in [0.5, 0.6) is 5.75 Å². The molecule has 2 rings (SSSR count). The molecule has 0 aliphatic rings. The number of hydrogen-bond donors (Lipinski definition) is 0. The first kappa shape index (κ1) is 13.4. The van der Waals surface area contributed by atoms with E-state index in [0.717, 1.165) is 19.7 Å². The zero-order valence-corrected chi connectivity index (χ0v) is 13.1. The van der Waals surface area contributed by atoms with Crippen molar-refractivity contribution in [2.24, 2.45) is 0 Å². The van der Waals surface area contributed by atoms with E-state index < -0.39 is 6.09 Å². The monoisotopic (exact) mass is 371 g/mol. The Morgan fingerprint density at radius 2 is 1.72 bits per heavy atom. The normalized spacial score (nSPS) is 10.4. The van der Waals surface area contributed by atoms with Gasteiger partial charge in [0, 0.05) is 24.0 Å². The summed E-state index contributed by atoms with van der Waals surface area (Å²) in [4.78, 5) is 13.1. The summed E-state index contributed by atoms with van der Waals surface area (Å²) in [6.45, 7) is 0. The van der Waals surface area contributed by atoms with E-state index in [9.17, 15) is 4.79 Å². The molecule has 0 aromatic heterocycles. The summed E-state index contributed by atoms with van der Waals surface area (Å²) in [5, 5.41) is 1.89. The van der Waals surface area contributed by atoms with Gasteiger partial charge in [-0.1, -0.05) is 40.2 Å². The lowest BCUT2D eigenvalue weighted by Crippen LogP contribution is -2.25. The summed E-state index contributed by atoms with van der Waals surface area (Å²) in [6.07, 6.45) is -0.400. The van der Waals surface area contributed by atoms with Crippen LogP contribution in [0.3, 0.4) is 0 Å². The minimum Gasteiger partial charge on any atom is -0.408 e. The highest BCUT2D eigenvalue weighted by Crippen LogP contribution is 2.38. The number of benzene rings is 2. The van der Waals surface area contributed by atoms with Crippen LogP contribution in [0.25, 0.3) is 10.8 Å². The smallest absolute Gasteiger partial charge is 0.408 e. The van der Waals surface area contributed by atoms with Gasteiger partial charge in [-0.2, -0.15) is 0 Å². The number of rotatable bonds is 1. The maximum atomic E-state index is 11.7. The van der Waals surface area contributed by atoms with Crippen LogP contribution in [-0.4, -0.2) is 25.1 Å². The van der Waals surface area contributed by atoms with Crippen molar-refractivity contribution < 1.29 is 9.53 Å². The van der Waals surface area contributed by atoms with Crippen LogP contribution in [-0.2, 0) is 0 Å². The molecule has 0 saturated carbocycles. The van der Waals surface area contributed by atoms with Crippen molar-refractivity contribution in [3.05, 3.63) is 39.3 Å². The van der Waals surface area contributed by atoms with Crippen molar-refractivity contribution in [1.29, 1.82) is 0 Å². The molecule has 0 fully saturated rings. The highest BCUT2D eigenvalue weighted by atomic mass is 79.9. The average Bonchev–Trinajstić information content (AvgIpc) is 2.34. The average molecular weight is 373 g/mol. The van der Waals surface area contributed by atoms with Gasteiger partial charge < -0.3 is 9.64 Å². The number of nitrogens with zero attached hydrogens (tertiary/aromatic N) is 1. The number of fused-ring (bicyclic) bond motifs is 1. The summed E-state index contributed by atoms with van der Waals surface area (Å²) in [6, 6.07) is 9.62. The summed E-state index contributed by atoms with van der Waals surface area (Å²) in [5.74, 6) is 0.535. The zero-order valence-electron chi connectivity index (χ0n) is 9.91. The predicted octanol–water partition coefficient (Wildman–Crippen LogP) is 4.43. The topological polar surface area (TPSA) is 29.5 Å². The fraction of sp³-hybridized carbons (Fsp3) is 0.154. The summed E-state index contributed by atoms with van der Waals surface area (Å²) >= 11 is 6.92. The van der Waals surface area contributed by atoms with Crippen LogP contribution in [0.4, 0.5) is 4.79 Å². The van der Waals surface area contributed by atoms with E-state index in [1.54, 1.807) is 14.1 Å². The molecule has 2 aromatic rings. The van der Waals surface area contributed by atoms with E-state index in [4.69, 9.17) is 4.74 Å². The summed E-state index contributed by atoms with van der Waals surface area (Å²) in [7, 11) is 3.30. The lowest BCUT2D eigenvalue weighted by Gasteiger charge is -2.14. The van der Waals surface area contributed by atoms with Gasteiger partial charge >= 0.3 is 6.09 Å². The summed E-state index contributed by atoms with van der Waals surface area (Å²) < 4.78 is 7.09.